The lowest BCUT2D eigenvalue weighted by Crippen LogP contribution is -2.18. The van der Waals surface area contributed by atoms with E-state index in [1.54, 1.807) is 0 Å². The van der Waals surface area contributed by atoms with Crippen LogP contribution in [0.1, 0.15) is 11.9 Å². The average Bonchev–Trinajstić information content (AvgIpc) is 2.58. The molecule has 1 rings (SSSR count). The summed E-state index contributed by atoms with van der Waals surface area (Å²) in [7, 11) is 0. The Labute approximate surface area is 66.8 Å². The molecular weight excluding hydrogens is 170 g/mol. The Morgan fingerprint density at radius 1 is 1.42 bits per heavy atom. The van der Waals surface area contributed by atoms with E-state index in [0.717, 1.165) is 0 Å². The van der Waals surface area contributed by atoms with Gasteiger partial charge in [-0.1, -0.05) is 5.21 Å². The van der Waals surface area contributed by atoms with Gasteiger partial charge in [0.1, 0.15) is 6.10 Å². The summed E-state index contributed by atoms with van der Waals surface area (Å²) in [6, 6.07) is 0. The molecule has 0 saturated heterocycles. The Morgan fingerprint density at radius 3 is 2.50 bits per heavy atom. The summed E-state index contributed by atoms with van der Waals surface area (Å²) < 4.78 is 24.0. The molecule has 0 aromatic carbocycles. The van der Waals surface area contributed by atoms with Crippen LogP contribution in [0.5, 0.6) is 0 Å². The summed E-state index contributed by atoms with van der Waals surface area (Å²) in [5, 5.41) is 21.2. The Kier molecular flexibility index (Phi) is 3.03. The van der Waals surface area contributed by atoms with Gasteiger partial charge in [0.05, 0.1) is 13.3 Å². The van der Waals surface area contributed by atoms with Gasteiger partial charge in [0.25, 0.3) is 0 Å². The molecule has 0 saturated carbocycles. The first-order valence-electron chi connectivity index (χ1n) is 3.33. The van der Waals surface area contributed by atoms with E-state index >= 15 is 0 Å². The standard InChI is InChI=1S/C5H8F2N4O/c6-1-3(2-7)4(12)5-8-10-11-9-5/h3-4,12H,1-2H2,(H,8,9,10,11). The van der Waals surface area contributed by atoms with Gasteiger partial charge in [-0.2, -0.15) is 5.21 Å². The molecular formula is C5H8F2N4O. The molecule has 0 fully saturated rings. The maximum Gasteiger partial charge on any atom is 0.203 e. The number of nitrogens with zero attached hydrogens (tertiary/aromatic N) is 3. The molecule has 2 N–H and O–H groups in total. The van der Waals surface area contributed by atoms with Crippen molar-refractivity contribution in [1.82, 2.24) is 20.6 Å². The summed E-state index contributed by atoms with van der Waals surface area (Å²) in [5.74, 6) is -1.20. The number of nitrogens with one attached hydrogen (secondary N) is 1. The van der Waals surface area contributed by atoms with Crippen molar-refractivity contribution in [2.45, 2.75) is 6.10 Å². The lowest BCUT2D eigenvalue weighted by Gasteiger charge is -2.12. The summed E-state index contributed by atoms with van der Waals surface area (Å²) in [4.78, 5) is 0. The fraction of sp³-hybridized carbons (Fsp3) is 0.800. The van der Waals surface area contributed by atoms with E-state index in [1.165, 1.54) is 0 Å². The molecule has 5 nitrogen and oxygen atoms in total. The summed E-state index contributed by atoms with van der Waals surface area (Å²) in [5.41, 5.74) is 0. The third-order valence-corrected chi connectivity index (χ3v) is 1.47. The number of aliphatic hydroxyl groups is 1. The molecule has 12 heavy (non-hydrogen) atoms. The number of aromatic amines is 1. The molecule has 1 heterocycles. The molecule has 0 radical (unpaired) electrons. The molecule has 0 spiro atoms. The Balaban J connectivity index is 2.63. The van der Waals surface area contributed by atoms with Crippen LogP contribution in [0.15, 0.2) is 0 Å². The number of H-pyrrole nitrogens is 1. The number of aromatic nitrogens is 4. The number of aliphatic hydroxyl groups excluding tert-OH is 1. The normalized spacial score (nSPS) is 13.7. The summed E-state index contributed by atoms with van der Waals surface area (Å²) >= 11 is 0. The number of alkyl halides is 2. The van der Waals surface area contributed by atoms with Crippen LogP contribution in [0.3, 0.4) is 0 Å². The van der Waals surface area contributed by atoms with E-state index in [1.807, 2.05) is 0 Å². The van der Waals surface area contributed by atoms with E-state index in [-0.39, 0.29) is 5.82 Å². The third-order valence-electron chi connectivity index (χ3n) is 1.47. The first-order chi connectivity index (χ1) is 5.79. The molecule has 0 aliphatic carbocycles. The lowest BCUT2D eigenvalue weighted by molar-refractivity contribution is 0.0682. The highest BCUT2D eigenvalue weighted by Crippen LogP contribution is 2.18. The largest absolute Gasteiger partial charge is 0.384 e. The highest BCUT2D eigenvalue weighted by molar-refractivity contribution is 4.87. The quantitative estimate of drug-likeness (QED) is 0.668. The zero-order valence-corrected chi connectivity index (χ0v) is 6.11. The van der Waals surface area contributed by atoms with Gasteiger partial charge in [-0.05, 0) is 0 Å². The lowest BCUT2D eigenvalue weighted by atomic mass is 10.1. The van der Waals surface area contributed by atoms with Crippen LogP contribution in [-0.2, 0) is 0 Å². The predicted octanol–water partition coefficient (Wildman–Crippen LogP) is -0.212. The van der Waals surface area contributed by atoms with Gasteiger partial charge in [0, 0.05) is 5.92 Å². The minimum Gasteiger partial charge on any atom is -0.384 e. The van der Waals surface area contributed by atoms with Gasteiger partial charge in [-0.15, -0.1) is 10.2 Å². The van der Waals surface area contributed by atoms with E-state index in [4.69, 9.17) is 0 Å². The molecule has 0 aliphatic rings. The van der Waals surface area contributed by atoms with Crippen LogP contribution in [0.4, 0.5) is 8.78 Å². The van der Waals surface area contributed by atoms with E-state index in [9.17, 15) is 13.9 Å². The molecule has 0 aliphatic heterocycles. The van der Waals surface area contributed by atoms with Crippen LogP contribution >= 0.6 is 0 Å². The third kappa shape index (κ3) is 1.73. The van der Waals surface area contributed by atoms with Crippen molar-refractivity contribution in [2.24, 2.45) is 5.92 Å². The predicted molar refractivity (Wildman–Crippen MR) is 34.6 cm³/mol. The topological polar surface area (TPSA) is 74.7 Å². The van der Waals surface area contributed by atoms with Crippen LogP contribution in [-0.4, -0.2) is 39.1 Å². The van der Waals surface area contributed by atoms with Crippen LogP contribution in [0.25, 0.3) is 0 Å². The average molecular weight is 178 g/mol. The van der Waals surface area contributed by atoms with Gasteiger partial charge in [0.2, 0.25) is 5.82 Å². The SMILES string of the molecule is OC(c1nn[nH]n1)C(CF)CF. The van der Waals surface area contributed by atoms with Gasteiger partial charge >= 0.3 is 0 Å². The number of halogens is 2. The van der Waals surface area contributed by atoms with Crippen LogP contribution in [0.2, 0.25) is 0 Å². The number of tetrazole rings is 1. The molecule has 68 valence electrons. The second kappa shape index (κ2) is 4.05. The van der Waals surface area contributed by atoms with Crippen molar-refractivity contribution in [3.8, 4) is 0 Å². The van der Waals surface area contributed by atoms with Crippen LogP contribution < -0.4 is 0 Å². The molecule has 1 aromatic heterocycles. The highest BCUT2D eigenvalue weighted by Gasteiger charge is 2.24. The van der Waals surface area contributed by atoms with Crippen molar-refractivity contribution in [2.75, 3.05) is 13.3 Å². The minimum absolute atomic E-state index is 0.0877. The first-order valence-corrected chi connectivity index (χ1v) is 3.33. The molecule has 0 bridgehead atoms. The van der Waals surface area contributed by atoms with Crippen LogP contribution in [0, 0.1) is 5.92 Å². The minimum atomic E-state index is -1.33. The van der Waals surface area contributed by atoms with E-state index in [0.29, 0.717) is 0 Å². The summed E-state index contributed by atoms with van der Waals surface area (Å²) in [6.45, 7) is -1.90. The highest BCUT2D eigenvalue weighted by atomic mass is 19.1. The monoisotopic (exact) mass is 178 g/mol. The van der Waals surface area contributed by atoms with Gasteiger partial charge in [-0.3, -0.25) is 8.78 Å². The van der Waals surface area contributed by atoms with Gasteiger partial charge in [0.15, 0.2) is 0 Å². The van der Waals surface area contributed by atoms with Crippen molar-refractivity contribution >= 4 is 0 Å². The fourth-order valence-electron chi connectivity index (χ4n) is 0.716. The van der Waals surface area contributed by atoms with E-state index in [2.05, 4.69) is 20.6 Å². The van der Waals surface area contributed by atoms with Crippen molar-refractivity contribution in [1.29, 1.82) is 0 Å². The number of hydrogen-bond donors (Lipinski definition) is 2. The maximum absolute atomic E-state index is 12.0. The number of rotatable bonds is 4. The molecule has 7 heteroatoms. The Morgan fingerprint density at radius 2 is 2.08 bits per heavy atom. The molecule has 1 atom stereocenters. The smallest absolute Gasteiger partial charge is 0.203 e. The Hall–Kier alpha value is -1.11. The zero-order valence-electron chi connectivity index (χ0n) is 6.11. The zero-order chi connectivity index (χ0) is 8.97. The molecule has 0 amide bonds. The summed E-state index contributed by atoms with van der Waals surface area (Å²) in [6.07, 6.45) is -1.33. The molecule has 1 unspecified atom stereocenters. The second-order valence-electron chi connectivity index (χ2n) is 2.28. The second-order valence-corrected chi connectivity index (χ2v) is 2.28. The Bertz CT molecular complexity index is 213. The molecule has 1 aromatic rings. The number of hydrogen-bond acceptors (Lipinski definition) is 4. The van der Waals surface area contributed by atoms with Gasteiger partial charge in [-0.25, -0.2) is 0 Å². The fourth-order valence-corrected chi connectivity index (χ4v) is 0.716. The van der Waals surface area contributed by atoms with Gasteiger partial charge < -0.3 is 5.11 Å². The van der Waals surface area contributed by atoms with Crippen molar-refractivity contribution < 1.29 is 13.9 Å². The first kappa shape index (κ1) is 8.98. The van der Waals surface area contributed by atoms with E-state index < -0.39 is 25.4 Å². The maximum atomic E-state index is 12.0. The van der Waals surface area contributed by atoms with Crippen molar-refractivity contribution in [3.63, 3.8) is 0 Å². The van der Waals surface area contributed by atoms with Crippen molar-refractivity contribution in [3.05, 3.63) is 5.82 Å².